The highest BCUT2D eigenvalue weighted by molar-refractivity contribution is 6.11. The minimum Gasteiger partial charge on any atom is -0.261 e. The van der Waals surface area contributed by atoms with Gasteiger partial charge in [0.25, 0.3) is 0 Å². The first-order valence-electron chi connectivity index (χ1n) is 7.45. The molecule has 0 spiro atoms. The Balaban J connectivity index is 1.86. The van der Waals surface area contributed by atoms with E-state index in [0.29, 0.717) is 5.82 Å². The molecule has 0 saturated heterocycles. The molecule has 0 atom stereocenters. The minimum absolute atomic E-state index is 0.717. The van der Waals surface area contributed by atoms with E-state index in [9.17, 15) is 0 Å². The van der Waals surface area contributed by atoms with Crippen molar-refractivity contribution in [2.45, 2.75) is 0 Å². The van der Waals surface area contributed by atoms with Crippen LogP contribution in [0.15, 0.2) is 96.2 Å². The molecule has 1 N–H and O–H groups in total. The molecule has 0 aliphatic rings. The lowest BCUT2D eigenvalue weighted by atomic mass is 10.1. The fourth-order valence-corrected chi connectivity index (χ4v) is 2.09. The minimum atomic E-state index is 0.717. The van der Waals surface area contributed by atoms with Crippen molar-refractivity contribution in [3.8, 4) is 0 Å². The van der Waals surface area contributed by atoms with Crippen LogP contribution >= 0.6 is 0 Å². The van der Waals surface area contributed by atoms with Gasteiger partial charge in [-0.25, -0.2) is 4.98 Å². The number of anilines is 1. The number of nitrogens with zero attached hydrogens (tertiary/aromatic N) is 2. The van der Waals surface area contributed by atoms with Crippen molar-refractivity contribution in [3.05, 3.63) is 102 Å². The quantitative estimate of drug-likeness (QED) is 0.551. The molecule has 2 aromatic carbocycles. The molecule has 0 bridgehead atoms. The summed E-state index contributed by atoms with van der Waals surface area (Å²) in [6.07, 6.45) is 5.78. The highest BCUT2D eigenvalue weighted by atomic mass is 15.3. The van der Waals surface area contributed by atoms with E-state index >= 15 is 0 Å². The number of nitrogens with one attached hydrogen (secondary N) is 1. The third kappa shape index (κ3) is 4.38. The van der Waals surface area contributed by atoms with Crippen LogP contribution in [0.25, 0.3) is 6.08 Å². The van der Waals surface area contributed by atoms with Gasteiger partial charge in [0, 0.05) is 11.8 Å². The second kappa shape index (κ2) is 7.71. The molecular weight excluding hydrogens is 282 g/mol. The number of benzene rings is 2. The van der Waals surface area contributed by atoms with Crippen LogP contribution in [0.5, 0.6) is 0 Å². The van der Waals surface area contributed by atoms with Gasteiger partial charge in [-0.15, -0.1) is 0 Å². The molecule has 3 aromatic rings. The van der Waals surface area contributed by atoms with Gasteiger partial charge in [0.05, 0.1) is 5.71 Å². The predicted molar refractivity (Wildman–Crippen MR) is 96.3 cm³/mol. The zero-order chi connectivity index (χ0) is 15.7. The molecule has 1 aromatic heterocycles. The van der Waals surface area contributed by atoms with E-state index in [2.05, 4.69) is 27.6 Å². The summed E-state index contributed by atoms with van der Waals surface area (Å²) in [6.45, 7) is 0. The Morgan fingerprint density at radius 3 is 2.22 bits per heavy atom. The van der Waals surface area contributed by atoms with E-state index in [0.717, 1.165) is 16.8 Å². The highest BCUT2D eigenvalue weighted by Crippen LogP contribution is 2.08. The van der Waals surface area contributed by atoms with Gasteiger partial charge in [0.2, 0.25) is 0 Å². The number of aromatic nitrogens is 1. The van der Waals surface area contributed by atoms with Crippen molar-refractivity contribution in [1.29, 1.82) is 0 Å². The number of hydrazone groups is 1. The van der Waals surface area contributed by atoms with Crippen molar-refractivity contribution in [1.82, 2.24) is 4.98 Å². The highest BCUT2D eigenvalue weighted by Gasteiger charge is 1.99. The van der Waals surface area contributed by atoms with E-state index in [4.69, 9.17) is 0 Å². The average Bonchev–Trinajstić information content (AvgIpc) is 2.64. The summed E-state index contributed by atoms with van der Waals surface area (Å²) < 4.78 is 0. The fourth-order valence-electron chi connectivity index (χ4n) is 2.09. The van der Waals surface area contributed by atoms with Crippen LogP contribution in [0.1, 0.15) is 11.1 Å². The molecule has 3 heteroatoms. The van der Waals surface area contributed by atoms with Crippen LogP contribution in [0.3, 0.4) is 0 Å². The lowest BCUT2D eigenvalue weighted by molar-refractivity contribution is 1.22. The lowest BCUT2D eigenvalue weighted by Gasteiger charge is -2.04. The van der Waals surface area contributed by atoms with Gasteiger partial charge < -0.3 is 0 Å². The largest absolute Gasteiger partial charge is 0.261 e. The molecule has 23 heavy (non-hydrogen) atoms. The van der Waals surface area contributed by atoms with Gasteiger partial charge in [-0.2, -0.15) is 5.10 Å². The Bertz CT molecular complexity index is 779. The van der Waals surface area contributed by atoms with Crippen molar-refractivity contribution in [2.75, 3.05) is 5.43 Å². The Labute approximate surface area is 136 Å². The fraction of sp³-hybridized carbons (Fsp3) is 0. The Hall–Kier alpha value is -3.20. The Morgan fingerprint density at radius 1 is 0.826 bits per heavy atom. The Morgan fingerprint density at radius 2 is 1.52 bits per heavy atom. The van der Waals surface area contributed by atoms with Crippen molar-refractivity contribution >= 4 is 17.6 Å². The summed E-state index contributed by atoms with van der Waals surface area (Å²) in [7, 11) is 0. The maximum Gasteiger partial charge on any atom is 0.146 e. The molecular formula is C20H17N3. The van der Waals surface area contributed by atoms with Crippen molar-refractivity contribution < 1.29 is 0 Å². The van der Waals surface area contributed by atoms with Crippen molar-refractivity contribution in [2.24, 2.45) is 5.10 Å². The molecule has 112 valence electrons. The topological polar surface area (TPSA) is 37.3 Å². The molecule has 3 nitrogen and oxygen atoms in total. The van der Waals surface area contributed by atoms with E-state index in [-0.39, 0.29) is 0 Å². The number of rotatable bonds is 5. The molecule has 3 rings (SSSR count). The molecule has 0 amide bonds. The first-order valence-corrected chi connectivity index (χ1v) is 7.45. The third-order valence-electron chi connectivity index (χ3n) is 3.26. The standard InChI is InChI=1S/C20H17N3/c1-3-9-17(10-4-1)14-15-19(18-11-5-2-6-12-18)22-23-20-13-7-8-16-21-20/h1-16H,(H,21,23)/b15-14+,22-19+. The first-order chi connectivity index (χ1) is 11.4. The second-order valence-corrected chi connectivity index (χ2v) is 4.93. The SMILES string of the molecule is C(=C\c1ccccc1)/C(=N\Nc1ccccn1)c1ccccc1. The zero-order valence-electron chi connectivity index (χ0n) is 12.6. The maximum absolute atomic E-state index is 4.50. The van der Waals surface area contributed by atoms with Gasteiger partial charge >= 0.3 is 0 Å². The van der Waals surface area contributed by atoms with Crippen LogP contribution in [-0.4, -0.2) is 10.7 Å². The zero-order valence-corrected chi connectivity index (χ0v) is 12.6. The van der Waals surface area contributed by atoms with Gasteiger partial charge in [0.1, 0.15) is 5.82 Å². The summed E-state index contributed by atoms with van der Waals surface area (Å²) in [4.78, 5) is 4.22. The number of hydrogen-bond acceptors (Lipinski definition) is 3. The van der Waals surface area contributed by atoms with E-state index < -0.39 is 0 Å². The normalized spacial score (nSPS) is 11.6. The smallest absolute Gasteiger partial charge is 0.146 e. The van der Waals surface area contributed by atoms with Crippen LogP contribution in [-0.2, 0) is 0 Å². The van der Waals surface area contributed by atoms with Gasteiger partial charge in [0.15, 0.2) is 0 Å². The number of pyridine rings is 1. The summed E-state index contributed by atoms with van der Waals surface area (Å²) >= 11 is 0. The Kier molecular flexibility index (Phi) is 4.93. The average molecular weight is 299 g/mol. The van der Waals surface area contributed by atoms with E-state index in [1.807, 2.05) is 78.9 Å². The van der Waals surface area contributed by atoms with Crippen LogP contribution in [0.2, 0.25) is 0 Å². The molecule has 0 unspecified atom stereocenters. The number of hydrogen-bond donors (Lipinski definition) is 1. The van der Waals surface area contributed by atoms with Gasteiger partial charge in [-0.05, 0) is 23.8 Å². The molecule has 0 saturated carbocycles. The van der Waals surface area contributed by atoms with E-state index in [1.54, 1.807) is 6.20 Å². The van der Waals surface area contributed by atoms with Crippen LogP contribution < -0.4 is 5.43 Å². The first kappa shape index (κ1) is 14.7. The number of allylic oxidation sites excluding steroid dienone is 1. The van der Waals surface area contributed by atoms with Gasteiger partial charge in [-0.1, -0.05) is 72.8 Å². The molecule has 1 heterocycles. The predicted octanol–water partition coefficient (Wildman–Crippen LogP) is 4.61. The summed E-state index contributed by atoms with van der Waals surface area (Å²) in [5, 5.41) is 4.50. The van der Waals surface area contributed by atoms with Gasteiger partial charge in [-0.3, -0.25) is 5.43 Å². The molecule has 0 aliphatic carbocycles. The molecule has 0 fully saturated rings. The third-order valence-corrected chi connectivity index (χ3v) is 3.26. The van der Waals surface area contributed by atoms with Crippen molar-refractivity contribution in [3.63, 3.8) is 0 Å². The molecule has 0 aliphatic heterocycles. The second-order valence-electron chi connectivity index (χ2n) is 4.93. The van der Waals surface area contributed by atoms with Crippen LogP contribution in [0, 0.1) is 0 Å². The summed E-state index contributed by atoms with van der Waals surface area (Å²) in [6, 6.07) is 25.9. The monoisotopic (exact) mass is 299 g/mol. The van der Waals surface area contributed by atoms with Crippen LogP contribution in [0.4, 0.5) is 5.82 Å². The maximum atomic E-state index is 4.50. The summed E-state index contributed by atoms with van der Waals surface area (Å²) in [5.41, 5.74) is 6.03. The molecule has 0 radical (unpaired) electrons. The van der Waals surface area contributed by atoms with E-state index in [1.165, 1.54) is 0 Å². The summed E-state index contributed by atoms with van der Waals surface area (Å²) in [5.74, 6) is 0.717. The lowest BCUT2D eigenvalue weighted by Crippen LogP contribution is -2.02.